The standard InChI is InChI=1S/C16H17NO3/c1-11-6-12(2)8-13(7-11)10-20-16(18)14-4-5-15(19-3)17-9-14/h4-9H,10H2,1-3H3. The molecule has 0 amide bonds. The molecule has 1 heterocycles. The monoisotopic (exact) mass is 271 g/mol. The zero-order chi connectivity index (χ0) is 14.5. The molecule has 0 aliphatic heterocycles. The van der Waals surface area contributed by atoms with E-state index in [4.69, 9.17) is 9.47 Å². The molecule has 0 spiro atoms. The van der Waals surface area contributed by atoms with Crippen LogP contribution in [-0.2, 0) is 11.3 Å². The van der Waals surface area contributed by atoms with Crippen LogP contribution in [-0.4, -0.2) is 18.1 Å². The number of pyridine rings is 1. The third-order valence-electron chi connectivity index (χ3n) is 2.83. The maximum Gasteiger partial charge on any atom is 0.340 e. The van der Waals surface area contributed by atoms with Crippen LogP contribution in [0, 0.1) is 13.8 Å². The molecule has 0 saturated carbocycles. The molecule has 0 aliphatic rings. The molecule has 1 aromatic heterocycles. The highest BCUT2D eigenvalue weighted by atomic mass is 16.5. The minimum absolute atomic E-state index is 0.257. The lowest BCUT2D eigenvalue weighted by atomic mass is 10.1. The normalized spacial score (nSPS) is 10.2. The Labute approximate surface area is 118 Å². The zero-order valence-electron chi connectivity index (χ0n) is 11.8. The van der Waals surface area contributed by atoms with Crippen molar-refractivity contribution in [1.82, 2.24) is 4.98 Å². The van der Waals surface area contributed by atoms with Crippen LogP contribution in [0.5, 0.6) is 5.88 Å². The van der Waals surface area contributed by atoms with Crippen molar-refractivity contribution in [1.29, 1.82) is 0 Å². The van der Waals surface area contributed by atoms with Gasteiger partial charge in [-0.2, -0.15) is 0 Å². The van der Waals surface area contributed by atoms with Crippen molar-refractivity contribution >= 4 is 5.97 Å². The van der Waals surface area contributed by atoms with Crippen LogP contribution in [0.3, 0.4) is 0 Å². The number of hydrogen-bond donors (Lipinski definition) is 0. The minimum Gasteiger partial charge on any atom is -0.481 e. The number of esters is 1. The summed E-state index contributed by atoms with van der Waals surface area (Å²) in [4.78, 5) is 15.9. The summed E-state index contributed by atoms with van der Waals surface area (Å²) in [5.41, 5.74) is 3.71. The smallest absolute Gasteiger partial charge is 0.340 e. The summed E-state index contributed by atoms with van der Waals surface area (Å²) < 4.78 is 10.2. The molecule has 0 saturated heterocycles. The van der Waals surface area contributed by atoms with Gasteiger partial charge in [-0.25, -0.2) is 9.78 Å². The molecule has 4 heteroatoms. The number of ether oxygens (including phenoxy) is 2. The van der Waals surface area contributed by atoms with E-state index in [0.717, 1.165) is 16.7 Å². The zero-order valence-corrected chi connectivity index (χ0v) is 11.8. The van der Waals surface area contributed by atoms with Gasteiger partial charge >= 0.3 is 5.97 Å². The predicted molar refractivity (Wildman–Crippen MR) is 75.8 cm³/mol. The number of methoxy groups -OCH3 is 1. The highest BCUT2D eigenvalue weighted by Crippen LogP contribution is 2.12. The molecule has 4 nitrogen and oxygen atoms in total. The first-order valence-electron chi connectivity index (χ1n) is 6.33. The molecule has 0 fully saturated rings. The van der Waals surface area contributed by atoms with Gasteiger partial charge in [0.1, 0.15) is 6.61 Å². The van der Waals surface area contributed by atoms with E-state index in [2.05, 4.69) is 11.1 Å². The first-order valence-corrected chi connectivity index (χ1v) is 6.33. The van der Waals surface area contributed by atoms with Gasteiger partial charge in [-0.05, 0) is 25.5 Å². The number of aromatic nitrogens is 1. The lowest BCUT2D eigenvalue weighted by Crippen LogP contribution is -2.06. The molecule has 1 aromatic carbocycles. The maximum absolute atomic E-state index is 11.9. The van der Waals surface area contributed by atoms with Gasteiger partial charge in [0.25, 0.3) is 0 Å². The molecule has 0 unspecified atom stereocenters. The third kappa shape index (κ3) is 3.57. The second-order valence-electron chi connectivity index (χ2n) is 4.66. The van der Waals surface area contributed by atoms with E-state index in [-0.39, 0.29) is 12.6 Å². The molecule has 0 radical (unpaired) electrons. The largest absolute Gasteiger partial charge is 0.481 e. The van der Waals surface area contributed by atoms with E-state index in [0.29, 0.717) is 11.4 Å². The van der Waals surface area contributed by atoms with E-state index in [1.165, 1.54) is 13.3 Å². The second-order valence-corrected chi connectivity index (χ2v) is 4.66. The lowest BCUT2D eigenvalue weighted by Gasteiger charge is -2.07. The molecule has 0 bridgehead atoms. The Balaban J connectivity index is 2.00. The summed E-state index contributed by atoms with van der Waals surface area (Å²) >= 11 is 0. The Morgan fingerprint density at radius 1 is 1.15 bits per heavy atom. The van der Waals surface area contributed by atoms with Crippen LogP contribution >= 0.6 is 0 Å². The molecular formula is C16H17NO3. The number of nitrogens with zero attached hydrogens (tertiary/aromatic N) is 1. The molecule has 0 atom stereocenters. The fraction of sp³-hybridized carbons (Fsp3) is 0.250. The van der Waals surface area contributed by atoms with Crippen molar-refractivity contribution in [2.24, 2.45) is 0 Å². The van der Waals surface area contributed by atoms with E-state index < -0.39 is 0 Å². The van der Waals surface area contributed by atoms with E-state index >= 15 is 0 Å². The number of benzene rings is 1. The number of carbonyl (C=O) groups is 1. The van der Waals surface area contributed by atoms with E-state index in [1.807, 2.05) is 26.0 Å². The molecule has 0 aliphatic carbocycles. The average Bonchev–Trinajstić information content (AvgIpc) is 2.44. The molecule has 0 N–H and O–H groups in total. The molecular weight excluding hydrogens is 254 g/mol. The topological polar surface area (TPSA) is 48.4 Å². The van der Waals surface area contributed by atoms with Crippen molar-refractivity contribution in [3.63, 3.8) is 0 Å². The van der Waals surface area contributed by atoms with Crippen LogP contribution < -0.4 is 4.74 Å². The van der Waals surface area contributed by atoms with E-state index in [1.54, 1.807) is 12.1 Å². The van der Waals surface area contributed by atoms with Gasteiger partial charge in [0.15, 0.2) is 0 Å². The number of carbonyl (C=O) groups excluding carboxylic acids is 1. The van der Waals surface area contributed by atoms with Crippen molar-refractivity contribution in [3.05, 3.63) is 58.8 Å². The Morgan fingerprint density at radius 2 is 1.85 bits per heavy atom. The van der Waals surface area contributed by atoms with Gasteiger partial charge in [-0.3, -0.25) is 0 Å². The number of aryl methyl sites for hydroxylation is 2. The van der Waals surface area contributed by atoms with Gasteiger partial charge in [-0.15, -0.1) is 0 Å². The van der Waals surface area contributed by atoms with Gasteiger partial charge in [0.05, 0.1) is 12.7 Å². The van der Waals surface area contributed by atoms with Crippen LogP contribution in [0.1, 0.15) is 27.0 Å². The van der Waals surface area contributed by atoms with Crippen molar-refractivity contribution in [2.45, 2.75) is 20.5 Å². The lowest BCUT2D eigenvalue weighted by molar-refractivity contribution is 0.0472. The summed E-state index contributed by atoms with van der Waals surface area (Å²) in [6.07, 6.45) is 1.45. The highest BCUT2D eigenvalue weighted by molar-refractivity contribution is 5.89. The van der Waals surface area contributed by atoms with E-state index in [9.17, 15) is 4.79 Å². The molecule has 104 valence electrons. The van der Waals surface area contributed by atoms with Gasteiger partial charge < -0.3 is 9.47 Å². The Hall–Kier alpha value is -2.36. The summed E-state index contributed by atoms with van der Waals surface area (Å²) in [5.74, 6) is 0.0789. The summed E-state index contributed by atoms with van der Waals surface area (Å²) in [6.45, 7) is 4.30. The van der Waals surface area contributed by atoms with Crippen LogP contribution in [0.15, 0.2) is 36.5 Å². The van der Waals surface area contributed by atoms with Gasteiger partial charge in [0, 0.05) is 12.3 Å². The number of rotatable bonds is 4. The second kappa shape index (κ2) is 6.19. The summed E-state index contributed by atoms with van der Waals surface area (Å²) in [7, 11) is 1.53. The van der Waals surface area contributed by atoms with Gasteiger partial charge in [-0.1, -0.05) is 29.3 Å². The maximum atomic E-state index is 11.9. The van der Waals surface area contributed by atoms with Gasteiger partial charge in [0.2, 0.25) is 5.88 Å². The predicted octanol–water partition coefficient (Wildman–Crippen LogP) is 3.06. The molecule has 2 rings (SSSR count). The van der Waals surface area contributed by atoms with Crippen molar-refractivity contribution < 1.29 is 14.3 Å². The quantitative estimate of drug-likeness (QED) is 0.802. The van der Waals surface area contributed by atoms with Crippen molar-refractivity contribution in [2.75, 3.05) is 7.11 Å². The third-order valence-corrected chi connectivity index (χ3v) is 2.83. The SMILES string of the molecule is COc1ccc(C(=O)OCc2cc(C)cc(C)c2)cn1. The van der Waals surface area contributed by atoms with Crippen LogP contribution in [0.2, 0.25) is 0 Å². The Bertz CT molecular complexity index is 585. The van der Waals surface area contributed by atoms with Crippen LogP contribution in [0.4, 0.5) is 0 Å². The fourth-order valence-electron chi connectivity index (χ4n) is 2.01. The fourth-order valence-corrected chi connectivity index (χ4v) is 2.01. The average molecular weight is 271 g/mol. The first-order chi connectivity index (χ1) is 9.58. The van der Waals surface area contributed by atoms with Crippen LogP contribution in [0.25, 0.3) is 0 Å². The first kappa shape index (κ1) is 14.1. The Morgan fingerprint density at radius 3 is 2.40 bits per heavy atom. The Kier molecular flexibility index (Phi) is 4.35. The summed E-state index contributed by atoms with van der Waals surface area (Å²) in [5, 5.41) is 0. The molecule has 2 aromatic rings. The number of hydrogen-bond acceptors (Lipinski definition) is 4. The minimum atomic E-state index is -0.390. The molecule has 20 heavy (non-hydrogen) atoms. The van der Waals surface area contributed by atoms with Crippen molar-refractivity contribution in [3.8, 4) is 5.88 Å². The summed E-state index contributed by atoms with van der Waals surface area (Å²) in [6, 6.07) is 9.36. The highest BCUT2D eigenvalue weighted by Gasteiger charge is 2.08.